The third-order valence-electron chi connectivity index (χ3n) is 6.39. The first kappa shape index (κ1) is 21.4. The number of aromatic hydroxyl groups is 1. The van der Waals surface area contributed by atoms with Crippen LogP contribution in [0.3, 0.4) is 0 Å². The Hall–Kier alpha value is -4.12. The molecule has 4 aromatic rings. The summed E-state index contributed by atoms with van der Waals surface area (Å²) in [6.07, 6.45) is 5.42. The van der Waals surface area contributed by atoms with Gasteiger partial charge in [-0.2, -0.15) is 9.61 Å². The average Bonchev–Trinajstić information content (AvgIpc) is 3.48. The summed E-state index contributed by atoms with van der Waals surface area (Å²) in [6.45, 7) is 4.18. The molecule has 0 radical (unpaired) electrons. The summed E-state index contributed by atoms with van der Waals surface area (Å²) in [5.41, 5.74) is 3.21. The highest BCUT2D eigenvalue weighted by Gasteiger charge is 2.20. The highest BCUT2D eigenvalue weighted by atomic mass is 16.3. The third kappa shape index (κ3) is 4.50. The van der Waals surface area contributed by atoms with Crippen LogP contribution in [-0.2, 0) is 0 Å². The van der Waals surface area contributed by atoms with E-state index in [1.807, 2.05) is 6.07 Å². The fraction of sp³-hybridized carbons (Fsp3) is 0.333. The van der Waals surface area contributed by atoms with Gasteiger partial charge in [0, 0.05) is 48.8 Å². The lowest BCUT2D eigenvalue weighted by Gasteiger charge is -2.34. The maximum atomic E-state index is 11.5. The van der Waals surface area contributed by atoms with Crippen molar-refractivity contribution >= 4 is 28.9 Å². The summed E-state index contributed by atoms with van der Waals surface area (Å²) in [7, 11) is 2.15. The van der Waals surface area contributed by atoms with E-state index in [1.165, 1.54) is 5.69 Å². The molecule has 1 aliphatic heterocycles. The van der Waals surface area contributed by atoms with Gasteiger partial charge in [0.15, 0.2) is 11.1 Å². The summed E-state index contributed by atoms with van der Waals surface area (Å²) in [5.74, 6) is 0.415. The number of rotatable bonds is 5. The first-order valence-corrected chi connectivity index (χ1v) is 11.8. The number of anilines is 3. The average molecular weight is 474 g/mol. The molecule has 0 amide bonds. The molecule has 1 saturated carbocycles. The van der Waals surface area contributed by atoms with Crippen molar-refractivity contribution in [2.24, 2.45) is 4.99 Å². The Balaban J connectivity index is 1.35. The zero-order valence-corrected chi connectivity index (χ0v) is 19.4. The van der Waals surface area contributed by atoms with Crippen LogP contribution < -0.4 is 26.6 Å². The number of nitrogens with zero attached hydrogens (tertiary/aromatic N) is 6. The van der Waals surface area contributed by atoms with Crippen LogP contribution in [0.2, 0.25) is 0 Å². The smallest absolute Gasteiger partial charge is 0.326 e. The number of aromatic amines is 2. The number of hydrogen-bond acceptors (Lipinski definition) is 8. The highest BCUT2D eigenvalue weighted by molar-refractivity contribution is 5.63. The number of hydrogen-bond donors (Lipinski definition) is 4. The van der Waals surface area contributed by atoms with Crippen LogP contribution in [0, 0.1) is 0 Å². The lowest BCUT2D eigenvalue weighted by Crippen LogP contribution is -2.44. The van der Waals surface area contributed by atoms with E-state index >= 15 is 0 Å². The van der Waals surface area contributed by atoms with Crippen LogP contribution in [-0.4, -0.2) is 73.8 Å². The van der Waals surface area contributed by atoms with Crippen molar-refractivity contribution < 1.29 is 5.11 Å². The summed E-state index contributed by atoms with van der Waals surface area (Å²) >= 11 is 0. The normalized spacial score (nSPS) is 18.0. The van der Waals surface area contributed by atoms with Gasteiger partial charge in [-0.1, -0.05) is 0 Å². The van der Waals surface area contributed by atoms with Crippen LogP contribution in [0.15, 0.2) is 46.3 Å². The van der Waals surface area contributed by atoms with Gasteiger partial charge in [0.1, 0.15) is 11.5 Å². The Bertz CT molecular complexity index is 1540. The summed E-state index contributed by atoms with van der Waals surface area (Å²) in [6, 6.07) is 10.6. The van der Waals surface area contributed by atoms with Crippen LogP contribution >= 0.6 is 0 Å². The van der Waals surface area contributed by atoms with Crippen molar-refractivity contribution in [2.45, 2.75) is 18.9 Å². The van der Waals surface area contributed by atoms with E-state index in [0.29, 0.717) is 28.2 Å². The predicted molar refractivity (Wildman–Crippen MR) is 133 cm³/mol. The molecule has 1 saturated heterocycles. The van der Waals surface area contributed by atoms with Gasteiger partial charge in [-0.15, -0.1) is 0 Å². The lowest BCUT2D eigenvalue weighted by atomic mass is 10.2. The molecule has 4 heterocycles. The molecule has 0 unspecified atom stereocenters. The molecule has 0 spiro atoms. The molecular weight excluding hydrogens is 446 g/mol. The van der Waals surface area contributed by atoms with Gasteiger partial charge in [-0.05, 0) is 50.2 Å². The van der Waals surface area contributed by atoms with Crippen molar-refractivity contribution in [2.75, 3.05) is 43.4 Å². The summed E-state index contributed by atoms with van der Waals surface area (Å²) in [4.78, 5) is 30.7. The number of piperazine rings is 1. The van der Waals surface area contributed by atoms with E-state index in [4.69, 9.17) is 9.98 Å². The van der Waals surface area contributed by atoms with Gasteiger partial charge in [-0.3, -0.25) is 9.98 Å². The number of likely N-dealkylation sites (N-methyl/N-ethyl adjacent to an activating group) is 1. The van der Waals surface area contributed by atoms with Crippen molar-refractivity contribution in [1.82, 2.24) is 29.5 Å². The van der Waals surface area contributed by atoms with Crippen molar-refractivity contribution in [3.63, 3.8) is 0 Å². The monoisotopic (exact) mass is 473 g/mol. The van der Waals surface area contributed by atoms with Crippen LogP contribution in [0.5, 0.6) is 5.88 Å². The van der Waals surface area contributed by atoms with Gasteiger partial charge >= 0.3 is 5.69 Å². The van der Waals surface area contributed by atoms with Gasteiger partial charge < -0.3 is 25.2 Å². The minimum atomic E-state index is -0.481. The summed E-state index contributed by atoms with van der Waals surface area (Å²) in [5, 5.41) is 18.5. The quantitative estimate of drug-likeness (QED) is 0.333. The third-order valence-corrected chi connectivity index (χ3v) is 6.39. The molecule has 0 atom stereocenters. The molecule has 2 aliphatic rings. The Labute approximate surface area is 200 Å². The van der Waals surface area contributed by atoms with Crippen LogP contribution in [0.1, 0.15) is 18.5 Å². The topological polar surface area (TPSA) is 130 Å². The molecule has 35 heavy (non-hydrogen) atoms. The van der Waals surface area contributed by atoms with Gasteiger partial charge in [-0.25, -0.2) is 9.78 Å². The van der Waals surface area contributed by atoms with E-state index in [9.17, 15) is 9.90 Å². The zero-order chi connectivity index (χ0) is 23.9. The SMILES string of the molecule is CN1CCN(c2ccc(Nc3cc(=NC4CC4)n4nc/c(=C/c5[nH]c(=O)[nH]c5O)c4n3)cc2)CC1. The van der Waals surface area contributed by atoms with E-state index < -0.39 is 5.69 Å². The molecule has 6 rings (SSSR count). The first-order valence-electron chi connectivity index (χ1n) is 11.8. The van der Waals surface area contributed by atoms with E-state index in [1.54, 1.807) is 16.8 Å². The van der Waals surface area contributed by atoms with Gasteiger partial charge in [0.25, 0.3) is 0 Å². The summed E-state index contributed by atoms with van der Waals surface area (Å²) < 4.78 is 1.69. The fourth-order valence-electron chi connectivity index (χ4n) is 4.23. The second-order valence-corrected chi connectivity index (χ2v) is 9.14. The number of benzene rings is 1. The number of aromatic nitrogens is 5. The number of imidazole rings is 1. The van der Waals surface area contributed by atoms with Crippen molar-refractivity contribution in [1.29, 1.82) is 0 Å². The second-order valence-electron chi connectivity index (χ2n) is 9.14. The molecule has 4 N–H and O–H groups in total. The first-order chi connectivity index (χ1) is 17.0. The maximum Gasteiger partial charge on any atom is 0.326 e. The maximum absolute atomic E-state index is 11.5. The minimum Gasteiger partial charge on any atom is -0.493 e. The Morgan fingerprint density at radius 3 is 2.60 bits per heavy atom. The van der Waals surface area contributed by atoms with E-state index in [0.717, 1.165) is 44.7 Å². The van der Waals surface area contributed by atoms with E-state index in [2.05, 4.69) is 61.5 Å². The molecule has 2 fully saturated rings. The lowest BCUT2D eigenvalue weighted by molar-refractivity contribution is 0.313. The predicted octanol–water partition coefficient (Wildman–Crippen LogP) is 0.558. The zero-order valence-electron chi connectivity index (χ0n) is 19.4. The van der Waals surface area contributed by atoms with E-state index in [-0.39, 0.29) is 11.6 Å². The van der Waals surface area contributed by atoms with Crippen molar-refractivity contribution in [3.05, 3.63) is 63.4 Å². The molecule has 180 valence electrons. The molecule has 3 aromatic heterocycles. The standard InChI is InChI=1S/C24H27N9O2/c1-31-8-10-32(11-9-31)18-6-4-16(5-7-18)26-20-13-21(27-17-2-3-17)33-22(29-20)15(14-25-33)12-19-23(34)30-24(35)28-19/h4-7,12-14,17,26,34H,2-3,8-11H2,1H3,(H2,28,30,35)/b15-12-,27-21?. The highest BCUT2D eigenvalue weighted by Crippen LogP contribution is 2.23. The molecule has 1 aliphatic carbocycles. The number of H-pyrrole nitrogens is 2. The second kappa shape index (κ2) is 8.58. The molecule has 0 bridgehead atoms. The van der Waals surface area contributed by atoms with Gasteiger partial charge in [0.2, 0.25) is 5.88 Å². The fourth-order valence-corrected chi connectivity index (χ4v) is 4.23. The number of fused-ring (bicyclic) bond motifs is 1. The largest absolute Gasteiger partial charge is 0.493 e. The van der Waals surface area contributed by atoms with Gasteiger partial charge in [0.05, 0.1) is 12.2 Å². The molecule has 11 heteroatoms. The molecular formula is C24H27N9O2. The Kier molecular flexibility index (Phi) is 5.25. The molecule has 1 aromatic carbocycles. The minimum absolute atomic E-state index is 0.230. The molecule has 11 nitrogen and oxygen atoms in total. The number of nitrogens with one attached hydrogen (secondary N) is 3. The Morgan fingerprint density at radius 2 is 1.91 bits per heavy atom. The van der Waals surface area contributed by atoms with Crippen LogP contribution in [0.4, 0.5) is 17.2 Å². The Morgan fingerprint density at radius 1 is 1.14 bits per heavy atom. The van der Waals surface area contributed by atoms with Crippen molar-refractivity contribution in [3.8, 4) is 5.88 Å². The van der Waals surface area contributed by atoms with Crippen LogP contribution in [0.25, 0.3) is 11.7 Å².